The first-order valence-corrected chi connectivity index (χ1v) is 9.17. The number of rotatable bonds is 7. The van der Waals surface area contributed by atoms with Gasteiger partial charge in [0.2, 0.25) is 5.91 Å². The van der Waals surface area contributed by atoms with E-state index in [0.29, 0.717) is 6.54 Å². The molecule has 2 aromatic heterocycles. The van der Waals surface area contributed by atoms with Crippen LogP contribution in [0.4, 0.5) is 0 Å². The molecule has 0 aliphatic rings. The zero-order valence-electron chi connectivity index (χ0n) is 14.7. The lowest BCUT2D eigenvalue weighted by Gasteiger charge is -2.18. The van der Waals surface area contributed by atoms with Gasteiger partial charge in [-0.05, 0) is 43.3 Å². The van der Waals surface area contributed by atoms with Crippen molar-refractivity contribution in [2.75, 3.05) is 13.6 Å². The van der Waals surface area contributed by atoms with Gasteiger partial charge in [0, 0.05) is 17.1 Å². The van der Waals surface area contributed by atoms with Crippen LogP contribution in [-0.4, -0.2) is 24.4 Å². The SMILES string of the molecule is C[C@@H](NCC(=O)N(C)Cc1ccc(-c2ccc(Br)cc2)o1)c1ccco1. The summed E-state index contributed by atoms with van der Waals surface area (Å²) >= 11 is 3.42. The van der Waals surface area contributed by atoms with Gasteiger partial charge in [0.05, 0.1) is 25.4 Å². The molecule has 3 rings (SSSR count). The number of carbonyl (C=O) groups is 1. The average molecular weight is 417 g/mol. The summed E-state index contributed by atoms with van der Waals surface area (Å²) in [5, 5.41) is 3.17. The largest absolute Gasteiger partial charge is 0.468 e. The van der Waals surface area contributed by atoms with Crippen molar-refractivity contribution in [3.05, 3.63) is 70.8 Å². The summed E-state index contributed by atoms with van der Waals surface area (Å²) in [4.78, 5) is 14.0. The normalized spacial score (nSPS) is 12.1. The van der Waals surface area contributed by atoms with E-state index in [9.17, 15) is 4.79 Å². The Kier molecular flexibility index (Phi) is 5.96. The first-order chi connectivity index (χ1) is 12.5. The van der Waals surface area contributed by atoms with E-state index >= 15 is 0 Å². The molecule has 1 amide bonds. The summed E-state index contributed by atoms with van der Waals surface area (Å²) in [7, 11) is 1.77. The topological polar surface area (TPSA) is 58.6 Å². The Morgan fingerprint density at radius 3 is 2.65 bits per heavy atom. The van der Waals surface area contributed by atoms with Crippen molar-refractivity contribution in [2.24, 2.45) is 0 Å². The maximum atomic E-state index is 12.3. The minimum absolute atomic E-state index is 0.00926. The van der Waals surface area contributed by atoms with Crippen LogP contribution in [-0.2, 0) is 11.3 Å². The fourth-order valence-corrected chi connectivity index (χ4v) is 2.83. The third kappa shape index (κ3) is 4.65. The Balaban J connectivity index is 1.53. The van der Waals surface area contributed by atoms with Crippen molar-refractivity contribution < 1.29 is 13.6 Å². The highest BCUT2D eigenvalue weighted by Gasteiger charge is 2.15. The van der Waals surface area contributed by atoms with Crippen LogP contribution >= 0.6 is 15.9 Å². The highest BCUT2D eigenvalue weighted by Crippen LogP contribution is 2.24. The maximum Gasteiger partial charge on any atom is 0.236 e. The van der Waals surface area contributed by atoms with Gasteiger partial charge in [0.25, 0.3) is 0 Å². The van der Waals surface area contributed by atoms with Crippen LogP contribution < -0.4 is 5.32 Å². The summed E-state index contributed by atoms with van der Waals surface area (Å²) in [6.45, 7) is 2.62. The number of likely N-dealkylation sites (N-methyl/N-ethyl adjacent to an activating group) is 1. The van der Waals surface area contributed by atoms with Gasteiger partial charge in [-0.3, -0.25) is 10.1 Å². The second kappa shape index (κ2) is 8.38. The summed E-state index contributed by atoms with van der Waals surface area (Å²) in [6.07, 6.45) is 1.63. The van der Waals surface area contributed by atoms with Gasteiger partial charge in [-0.2, -0.15) is 0 Å². The van der Waals surface area contributed by atoms with Gasteiger partial charge in [-0.25, -0.2) is 0 Å². The van der Waals surface area contributed by atoms with Crippen molar-refractivity contribution in [1.82, 2.24) is 10.2 Å². The highest BCUT2D eigenvalue weighted by atomic mass is 79.9. The van der Waals surface area contributed by atoms with E-state index in [1.807, 2.05) is 55.5 Å². The van der Waals surface area contributed by atoms with E-state index < -0.39 is 0 Å². The monoisotopic (exact) mass is 416 g/mol. The van der Waals surface area contributed by atoms with E-state index in [-0.39, 0.29) is 18.5 Å². The quantitative estimate of drug-likeness (QED) is 0.610. The molecule has 26 heavy (non-hydrogen) atoms. The smallest absolute Gasteiger partial charge is 0.236 e. The van der Waals surface area contributed by atoms with Crippen LogP contribution in [0.25, 0.3) is 11.3 Å². The average Bonchev–Trinajstić information content (AvgIpc) is 3.32. The van der Waals surface area contributed by atoms with E-state index in [0.717, 1.165) is 27.3 Å². The molecule has 0 saturated heterocycles. The number of nitrogens with zero attached hydrogens (tertiary/aromatic N) is 1. The first-order valence-electron chi connectivity index (χ1n) is 8.38. The lowest BCUT2D eigenvalue weighted by Crippen LogP contribution is -2.36. The molecule has 2 heterocycles. The molecule has 0 aliphatic carbocycles. The van der Waals surface area contributed by atoms with Gasteiger partial charge in [0.15, 0.2) is 0 Å². The standard InChI is InChI=1S/C20H21BrN2O3/c1-14(18-4-3-11-25-18)22-12-20(24)23(2)13-17-9-10-19(26-17)15-5-7-16(21)8-6-15/h3-11,14,22H,12-13H2,1-2H3/t14-/m1/s1. The molecule has 5 nitrogen and oxygen atoms in total. The summed E-state index contributed by atoms with van der Waals surface area (Å²) in [5.74, 6) is 2.34. The van der Waals surface area contributed by atoms with Crippen molar-refractivity contribution >= 4 is 21.8 Å². The third-order valence-electron chi connectivity index (χ3n) is 4.14. The zero-order chi connectivity index (χ0) is 18.5. The summed E-state index contributed by atoms with van der Waals surface area (Å²) < 4.78 is 12.2. The van der Waals surface area contributed by atoms with Gasteiger partial charge in [0.1, 0.15) is 17.3 Å². The lowest BCUT2D eigenvalue weighted by atomic mass is 10.2. The van der Waals surface area contributed by atoms with Crippen LogP contribution in [0.2, 0.25) is 0 Å². The van der Waals surface area contributed by atoms with E-state index in [1.165, 1.54) is 0 Å². The molecule has 0 spiro atoms. The predicted octanol–water partition coefficient (Wildman–Crippen LogP) is 4.61. The third-order valence-corrected chi connectivity index (χ3v) is 4.67. The van der Waals surface area contributed by atoms with Gasteiger partial charge >= 0.3 is 0 Å². The van der Waals surface area contributed by atoms with E-state index in [1.54, 1.807) is 18.2 Å². The molecule has 0 aliphatic heterocycles. The molecule has 0 fully saturated rings. The Hall–Kier alpha value is -2.31. The Bertz CT molecular complexity index is 840. The highest BCUT2D eigenvalue weighted by molar-refractivity contribution is 9.10. The molecule has 0 saturated carbocycles. The Morgan fingerprint density at radius 1 is 1.19 bits per heavy atom. The van der Waals surface area contributed by atoms with Crippen LogP contribution in [0.1, 0.15) is 24.5 Å². The molecular formula is C20H21BrN2O3. The lowest BCUT2D eigenvalue weighted by molar-refractivity contribution is -0.129. The fraction of sp³-hybridized carbons (Fsp3) is 0.250. The maximum absolute atomic E-state index is 12.3. The molecule has 0 radical (unpaired) electrons. The molecular weight excluding hydrogens is 396 g/mol. The van der Waals surface area contributed by atoms with Crippen molar-refractivity contribution in [3.8, 4) is 11.3 Å². The number of benzene rings is 1. The molecule has 0 unspecified atom stereocenters. The molecule has 1 atom stereocenters. The number of amides is 1. The minimum Gasteiger partial charge on any atom is -0.468 e. The number of hydrogen-bond acceptors (Lipinski definition) is 4. The van der Waals surface area contributed by atoms with Gasteiger partial charge < -0.3 is 13.7 Å². The molecule has 136 valence electrons. The second-order valence-electron chi connectivity index (χ2n) is 6.14. The van der Waals surface area contributed by atoms with Crippen LogP contribution in [0.3, 0.4) is 0 Å². The van der Waals surface area contributed by atoms with E-state index in [4.69, 9.17) is 8.83 Å². The van der Waals surface area contributed by atoms with Crippen LogP contribution in [0.15, 0.2) is 68.1 Å². The number of nitrogens with one attached hydrogen (secondary N) is 1. The fourth-order valence-electron chi connectivity index (χ4n) is 2.57. The zero-order valence-corrected chi connectivity index (χ0v) is 16.3. The summed E-state index contributed by atoms with van der Waals surface area (Å²) in [5.41, 5.74) is 1.00. The molecule has 1 aromatic carbocycles. The molecule has 3 aromatic rings. The number of furan rings is 2. The Morgan fingerprint density at radius 2 is 1.96 bits per heavy atom. The first kappa shape index (κ1) is 18.5. The van der Waals surface area contributed by atoms with Crippen LogP contribution in [0.5, 0.6) is 0 Å². The van der Waals surface area contributed by atoms with Gasteiger partial charge in [-0.15, -0.1) is 0 Å². The van der Waals surface area contributed by atoms with Crippen molar-refractivity contribution in [1.29, 1.82) is 0 Å². The second-order valence-corrected chi connectivity index (χ2v) is 7.06. The molecule has 1 N–H and O–H groups in total. The number of carbonyl (C=O) groups excluding carboxylic acids is 1. The number of hydrogen-bond donors (Lipinski definition) is 1. The molecule has 0 bridgehead atoms. The molecule has 6 heteroatoms. The van der Waals surface area contributed by atoms with Gasteiger partial charge in [-0.1, -0.05) is 28.1 Å². The van der Waals surface area contributed by atoms with Crippen molar-refractivity contribution in [3.63, 3.8) is 0 Å². The predicted molar refractivity (Wildman–Crippen MR) is 103 cm³/mol. The Labute approximate surface area is 161 Å². The summed E-state index contributed by atoms with van der Waals surface area (Å²) in [6, 6.07) is 15.4. The number of halogens is 1. The van der Waals surface area contributed by atoms with E-state index in [2.05, 4.69) is 21.2 Å². The van der Waals surface area contributed by atoms with Crippen LogP contribution in [0, 0.1) is 0 Å². The van der Waals surface area contributed by atoms with Crippen molar-refractivity contribution in [2.45, 2.75) is 19.5 Å². The minimum atomic E-state index is -0.0185.